The zero-order chi connectivity index (χ0) is 12.3. The van der Waals surface area contributed by atoms with Gasteiger partial charge in [0.05, 0.1) is 0 Å². The van der Waals surface area contributed by atoms with Crippen LogP contribution in [0.4, 0.5) is 0 Å². The van der Waals surface area contributed by atoms with E-state index in [1.165, 1.54) is 0 Å². The predicted molar refractivity (Wildman–Crippen MR) is 66.3 cm³/mol. The van der Waals surface area contributed by atoms with Gasteiger partial charge < -0.3 is 10.3 Å². The summed E-state index contributed by atoms with van der Waals surface area (Å²) >= 11 is 0. The molecule has 0 fully saturated rings. The molecule has 17 heavy (non-hydrogen) atoms. The maximum atomic E-state index is 5.55. The van der Waals surface area contributed by atoms with Gasteiger partial charge in [0.1, 0.15) is 0 Å². The number of hydrogen-bond acceptors (Lipinski definition) is 4. The largest absolute Gasteiger partial charge is 0.334 e. The highest BCUT2D eigenvalue weighted by Gasteiger charge is 2.12. The van der Waals surface area contributed by atoms with Crippen LogP contribution in [0.5, 0.6) is 0 Å². The standard InChI is InChI=1S/C13H17N3O/c1-3-9(2)12-15-13(17-16-12)11-6-4-10(8-14)5-7-11/h4-7,9H,3,8,14H2,1-2H3. The van der Waals surface area contributed by atoms with Crippen molar-refractivity contribution in [3.8, 4) is 11.5 Å². The molecule has 1 heterocycles. The second-order valence-corrected chi connectivity index (χ2v) is 4.17. The Bertz CT molecular complexity index is 476. The topological polar surface area (TPSA) is 64.9 Å². The molecule has 0 spiro atoms. The lowest BCUT2D eigenvalue weighted by atomic mass is 10.1. The zero-order valence-electron chi connectivity index (χ0n) is 10.2. The fourth-order valence-corrected chi connectivity index (χ4v) is 1.52. The monoisotopic (exact) mass is 231 g/mol. The van der Waals surface area contributed by atoms with Crippen molar-refractivity contribution in [2.45, 2.75) is 32.7 Å². The van der Waals surface area contributed by atoms with E-state index in [2.05, 4.69) is 24.0 Å². The highest BCUT2D eigenvalue weighted by atomic mass is 16.5. The summed E-state index contributed by atoms with van der Waals surface area (Å²) in [6, 6.07) is 7.86. The van der Waals surface area contributed by atoms with E-state index in [0.717, 1.165) is 23.4 Å². The molecule has 4 heteroatoms. The van der Waals surface area contributed by atoms with E-state index >= 15 is 0 Å². The first-order valence-electron chi connectivity index (χ1n) is 5.87. The quantitative estimate of drug-likeness (QED) is 0.878. The third-order valence-electron chi connectivity index (χ3n) is 2.93. The molecule has 1 aromatic heterocycles. The smallest absolute Gasteiger partial charge is 0.257 e. The van der Waals surface area contributed by atoms with Gasteiger partial charge in [-0.05, 0) is 24.1 Å². The summed E-state index contributed by atoms with van der Waals surface area (Å²) in [7, 11) is 0. The van der Waals surface area contributed by atoms with E-state index in [0.29, 0.717) is 18.4 Å². The Hall–Kier alpha value is -1.68. The minimum absolute atomic E-state index is 0.329. The molecule has 2 rings (SSSR count). The summed E-state index contributed by atoms with van der Waals surface area (Å²) in [5.41, 5.74) is 7.58. The molecule has 1 atom stereocenters. The van der Waals surface area contributed by atoms with Crippen molar-refractivity contribution in [1.82, 2.24) is 10.1 Å². The Morgan fingerprint density at radius 3 is 2.59 bits per heavy atom. The number of nitrogens with two attached hydrogens (primary N) is 1. The van der Waals surface area contributed by atoms with Crippen LogP contribution in [0.3, 0.4) is 0 Å². The van der Waals surface area contributed by atoms with Gasteiger partial charge >= 0.3 is 0 Å². The van der Waals surface area contributed by atoms with Gasteiger partial charge in [0.25, 0.3) is 5.89 Å². The van der Waals surface area contributed by atoms with Crippen LogP contribution in [-0.2, 0) is 6.54 Å². The van der Waals surface area contributed by atoms with Crippen LogP contribution in [0, 0.1) is 0 Å². The Labute approximate surface area is 101 Å². The van der Waals surface area contributed by atoms with Crippen LogP contribution >= 0.6 is 0 Å². The molecule has 2 N–H and O–H groups in total. The highest BCUT2D eigenvalue weighted by molar-refractivity contribution is 5.53. The molecule has 0 saturated heterocycles. The Morgan fingerprint density at radius 1 is 1.29 bits per heavy atom. The molecule has 1 aromatic carbocycles. The lowest BCUT2D eigenvalue weighted by Gasteiger charge is -1.99. The number of rotatable bonds is 4. The first-order valence-corrected chi connectivity index (χ1v) is 5.87. The SMILES string of the molecule is CCC(C)c1noc(-c2ccc(CN)cc2)n1. The molecule has 0 aliphatic heterocycles. The summed E-state index contributed by atoms with van der Waals surface area (Å²) < 4.78 is 5.25. The number of benzene rings is 1. The van der Waals surface area contributed by atoms with Crippen LogP contribution in [0.2, 0.25) is 0 Å². The van der Waals surface area contributed by atoms with Crippen molar-refractivity contribution < 1.29 is 4.52 Å². The Kier molecular flexibility index (Phi) is 3.54. The second kappa shape index (κ2) is 5.10. The van der Waals surface area contributed by atoms with E-state index < -0.39 is 0 Å². The van der Waals surface area contributed by atoms with Crippen LogP contribution in [0.15, 0.2) is 28.8 Å². The van der Waals surface area contributed by atoms with Crippen molar-refractivity contribution in [1.29, 1.82) is 0 Å². The molecule has 0 bridgehead atoms. The molecule has 0 saturated carbocycles. The van der Waals surface area contributed by atoms with Gasteiger partial charge in [0.2, 0.25) is 0 Å². The maximum Gasteiger partial charge on any atom is 0.257 e. The van der Waals surface area contributed by atoms with Crippen LogP contribution in [0.25, 0.3) is 11.5 Å². The van der Waals surface area contributed by atoms with E-state index in [1.807, 2.05) is 24.3 Å². The van der Waals surface area contributed by atoms with Gasteiger partial charge in [-0.15, -0.1) is 0 Å². The summed E-state index contributed by atoms with van der Waals surface area (Å²) in [6.07, 6.45) is 1.01. The average Bonchev–Trinajstić information content (AvgIpc) is 2.87. The third-order valence-corrected chi connectivity index (χ3v) is 2.93. The summed E-state index contributed by atoms with van der Waals surface area (Å²) in [6.45, 7) is 4.74. The Balaban J connectivity index is 2.24. The first kappa shape index (κ1) is 11.8. The van der Waals surface area contributed by atoms with E-state index in [1.54, 1.807) is 0 Å². The van der Waals surface area contributed by atoms with Crippen LogP contribution in [-0.4, -0.2) is 10.1 Å². The second-order valence-electron chi connectivity index (χ2n) is 4.17. The van der Waals surface area contributed by atoms with Crippen molar-refractivity contribution >= 4 is 0 Å². The fourth-order valence-electron chi connectivity index (χ4n) is 1.52. The molecule has 0 aliphatic rings. The molecule has 90 valence electrons. The van der Waals surface area contributed by atoms with Gasteiger partial charge in [-0.1, -0.05) is 31.1 Å². The van der Waals surface area contributed by atoms with Gasteiger partial charge in [0.15, 0.2) is 5.82 Å². The molecule has 0 amide bonds. The Morgan fingerprint density at radius 2 is 2.00 bits per heavy atom. The van der Waals surface area contributed by atoms with Crippen LogP contribution in [0.1, 0.15) is 37.6 Å². The van der Waals surface area contributed by atoms with Gasteiger partial charge in [0, 0.05) is 18.0 Å². The lowest BCUT2D eigenvalue weighted by Crippen LogP contribution is -1.95. The summed E-state index contributed by atoms with van der Waals surface area (Å²) in [5.74, 6) is 1.67. The normalized spacial score (nSPS) is 12.6. The molecular formula is C13H17N3O. The highest BCUT2D eigenvalue weighted by Crippen LogP contribution is 2.21. The van der Waals surface area contributed by atoms with Gasteiger partial charge in [-0.2, -0.15) is 4.98 Å². The minimum Gasteiger partial charge on any atom is -0.334 e. The molecule has 0 radical (unpaired) electrons. The number of hydrogen-bond donors (Lipinski definition) is 1. The molecule has 1 unspecified atom stereocenters. The van der Waals surface area contributed by atoms with Crippen LogP contribution < -0.4 is 5.73 Å². The predicted octanol–water partition coefficient (Wildman–Crippen LogP) is 2.71. The number of nitrogens with zero attached hydrogens (tertiary/aromatic N) is 2. The molecule has 2 aromatic rings. The van der Waals surface area contributed by atoms with E-state index in [9.17, 15) is 0 Å². The lowest BCUT2D eigenvalue weighted by molar-refractivity contribution is 0.416. The first-order chi connectivity index (χ1) is 8.24. The molecular weight excluding hydrogens is 214 g/mol. The summed E-state index contributed by atoms with van der Waals surface area (Å²) in [4.78, 5) is 4.40. The van der Waals surface area contributed by atoms with Crippen molar-refractivity contribution in [3.05, 3.63) is 35.7 Å². The van der Waals surface area contributed by atoms with Crippen molar-refractivity contribution in [3.63, 3.8) is 0 Å². The fraction of sp³-hybridized carbons (Fsp3) is 0.385. The zero-order valence-corrected chi connectivity index (χ0v) is 10.2. The van der Waals surface area contributed by atoms with Crippen molar-refractivity contribution in [2.24, 2.45) is 5.73 Å². The van der Waals surface area contributed by atoms with E-state index in [-0.39, 0.29) is 0 Å². The van der Waals surface area contributed by atoms with Crippen molar-refractivity contribution in [2.75, 3.05) is 0 Å². The van der Waals surface area contributed by atoms with E-state index in [4.69, 9.17) is 10.3 Å². The molecule has 4 nitrogen and oxygen atoms in total. The van der Waals surface area contributed by atoms with Gasteiger partial charge in [-0.3, -0.25) is 0 Å². The summed E-state index contributed by atoms with van der Waals surface area (Å²) in [5, 5.41) is 4.00. The maximum absolute atomic E-state index is 5.55. The third kappa shape index (κ3) is 2.53. The minimum atomic E-state index is 0.329. The number of aromatic nitrogens is 2. The molecule has 0 aliphatic carbocycles. The van der Waals surface area contributed by atoms with Gasteiger partial charge in [-0.25, -0.2) is 0 Å². The average molecular weight is 231 g/mol.